The van der Waals surface area contributed by atoms with Crippen LogP contribution in [0.1, 0.15) is 57.8 Å². The highest BCUT2D eigenvalue weighted by Gasteiger charge is 2.15. The van der Waals surface area contributed by atoms with E-state index in [2.05, 4.69) is 4.74 Å². The summed E-state index contributed by atoms with van der Waals surface area (Å²) >= 11 is 0. The zero-order valence-electron chi connectivity index (χ0n) is 12.3. The van der Waals surface area contributed by atoms with E-state index in [0.29, 0.717) is 13.0 Å². The first kappa shape index (κ1) is 16.0. The number of nitrogens with zero attached hydrogens (tertiary/aromatic N) is 1. The second-order valence-electron chi connectivity index (χ2n) is 5.54. The number of amides is 1. The minimum Gasteiger partial charge on any atom is -0.469 e. The van der Waals surface area contributed by atoms with Crippen LogP contribution in [0.2, 0.25) is 0 Å². The molecule has 0 bridgehead atoms. The number of rotatable bonds is 7. The molecule has 0 saturated heterocycles. The highest BCUT2D eigenvalue weighted by Crippen LogP contribution is 2.27. The highest BCUT2D eigenvalue weighted by molar-refractivity contribution is 5.76. The van der Waals surface area contributed by atoms with Crippen molar-refractivity contribution in [1.82, 2.24) is 4.90 Å². The van der Waals surface area contributed by atoms with Gasteiger partial charge in [-0.15, -0.1) is 0 Å². The molecule has 0 N–H and O–H groups in total. The molecule has 4 heteroatoms. The Labute approximate surface area is 116 Å². The van der Waals surface area contributed by atoms with Crippen LogP contribution in [-0.2, 0) is 14.3 Å². The van der Waals surface area contributed by atoms with Crippen molar-refractivity contribution in [3.8, 4) is 0 Å². The van der Waals surface area contributed by atoms with Crippen molar-refractivity contribution in [2.24, 2.45) is 5.92 Å². The normalized spacial score (nSPS) is 16.1. The van der Waals surface area contributed by atoms with E-state index in [1.165, 1.54) is 45.6 Å². The van der Waals surface area contributed by atoms with Gasteiger partial charge in [0.15, 0.2) is 0 Å². The fourth-order valence-electron chi connectivity index (χ4n) is 2.69. The van der Waals surface area contributed by atoms with Crippen LogP contribution in [0.15, 0.2) is 0 Å². The summed E-state index contributed by atoms with van der Waals surface area (Å²) in [6.45, 7) is 0.453. The lowest BCUT2D eigenvalue weighted by atomic mass is 9.86. The van der Waals surface area contributed by atoms with Gasteiger partial charge in [-0.05, 0) is 18.8 Å². The van der Waals surface area contributed by atoms with E-state index in [1.807, 2.05) is 0 Å². The van der Waals surface area contributed by atoms with Gasteiger partial charge < -0.3 is 9.64 Å². The van der Waals surface area contributed by atoms with E-state index in [9.17, 15) is 9.59 Å². The Kier molecular flexibility index (Phi) is 7.53. The molecule has 0 radical (unpaired) electrons. The Hall–Kier alpha value is -1.06. The summed E-state index contributed by atoms with van der Waals surface area (Å²) in [4.78, 5) is 24.5. The van der Waals surface area contributed by atoms with E-state index in [0.717, 1.165) is 12.3 Å². The van der Waals surface area contributed by atoms with Gasteiger partial charge in [-0.25, -0.2) is 0 Å². The Morgan fingerprint density at radius 1 is 1.16 bits per heavy atom. The smallest absolute Gasteiger partial charge is 0.307 e. The molecule has 0 heterocycles. The molecule has 0 aliphatic heterocycles. The first-order chi connectivity index (χ1) is 9.13. The van der Waals surface area contributed by atoms with E-state index >= 15 is 0 Å². The van der Waals surface area contributed by atoms with Crippen LogP contribution < -0.4 is 0 Å². The van der Waals surface area contributed by atoms with Crippen molar-refractivity contribution >= 4 is 11.9 Å². The van der Waals surface area contributed by atoms with E-state index in [1.54, 1.807) is 11.9 Å². The van der Waals surface area contributed by atoms with Crippen molar-refractivity contribution in [2.75, 3.05) is 20.7 Å². The monoisotopic (exact) mass is 269 g/mol. The van der Waals surface area contributed by atoms with Gasteiger partial charge in [0.05, 0.1) is 13.5 Å². The van der Waals surface area contributed by atoms with Crippen molar-refractivity contribution in [3.05, 3.63) is 0 Å². The van der Waals surface area contributed by atoms with Gasteiger partial charge in [-0.3, -0.25) is 9.59 Å². The second-order valence-corrected chi connectivity index (χ2v) is 5.54. The molecule has 0 aromatic heterocycles. The maximum atomic E-state index is 11.9. The second kappa shape index (κ2) is 8.94. The maximum Gasteiger partial charge on any atom is 0.307 e. The van der Waals surface area contributed by atoms with Crippen LogP contribution in [0.25, 0.3) is 0 Å². The first-order valence-electron chi connectivity index (χ1n) is 7.44. The fraction of sp³-hybridized carbons (Fsp3) is 0.867. The molecule has 4 nitrogen and oxygen atoms in total. The minimum atomic E-state index is -0.262. The fourth-order valence-corrected chi connectivity index (χ4v) is 2.69. The molecule has 0 atom stereocenters. The van der Waals surface area contributed by atoms with Gasteiger partial charge in [-0.1, -0.05) is 32.1 Å². The molecule has 0 aromatic rings. The number of carbonyl (C=O) groups is 2. The Bertz CT molecular complexity index is 285. The minimum absolute atomic E-state index is 0.139. The van der Waals surface area contributed by atoms with Gasteiger partial charge >= 0.3 is 5.97 Å². The topological polar surface area (TPSA) is 46.6 Å². The number of esters is 1. The summed E-state index contributed by atoms with van der Waals surface area (Å²) in [5.41, 5.74) is 0. The summed E-state index contributed by atoms with van der Waals surface area (Å²) in [6, 6.07) is 0. The average Bonchev–Trinajstić information content (AvgIpc) is 2.45. The SMILES string of the molecule is COC(=O)CCN(C)C(=O)CCCC1CCCCC1. The molecule has 1 fully saturated rings. The van der Waals surface area contributed by atoms with Crippen molar-refractivity contribution in [3.63, 3.8) is 0 Å². The summed E-state index contributed by atoms with van der Waals surface area (Å²) in [7, 11) is 3.13. The predicted octanol–water partition coefficient (Wildman–Crippen LogP) is 2.76. The van der Waals surface area contributed by atoms with Gasteiger partial charge in [0.2, 0.25) is 5.91 Å². The summed E-state index contributed by atoms with van der Waals surface area (Å²) in [5.74, 6) is 0.712. The molecule has 0 spiro atoms. The van der Waals surface area contributed by atoms with E-state index in [-0.39, 0.29) is 18.3 Å². The van der Waals surface area contributed by atoms with Crippen molar-refractivity contribution < 1.29 is 14.3 Å². The quantitative estimate of drug-likeness (QED) is 0.668. The van der Waals surface area contributed by atoms with Crippen LogP contribution in [-0.4, -0.2) is 37.5 Å². The standard InChI is InChI=1S/C15H27NO3/c1-16(12-11-15(18)19-2)14(17)10-6-9-13-7-4-3-5-8-13/h13H,3-12H2,1-2H3. The number of hydrogen-bond acceptors (Lipinski definition) is 3. The largest absolute Gasteiger partial charge is 0.469 e. The van der Waals surface area contributed by atoms with Gasteiger partial charge in [0.1, 0.15) is 0 Å². The lowest BCUT2D eigenvalue weighted by molar-refractivity contribution is -0.141. The molecular formula is C15H27NO3. The van der Waals surface area contributed by atoms with Crippen LogP contribution in [0.3, 0.4) is 0 Å². The zero-order valence-corrected chi connectivity index (χ0v) is 12.3. The van der Waals surface area contributed by atoms with Gasteiger partial charge in [0, 0.05) is 20.0 Å². The van der Waals surface area contributed by atoms with E-state index in [4.69, 9.17) is 0 Å². The number of carbonyl (C=O) groups excluding carboxylic acids is 2. The highest BCUT2D eigenvalue weighted by atomic mass is 16.5. The summed E-state index contributed by atoms with van der Waals surface area (Å²) in [5, 5.41) is 0. The Morgan fingerprint density at radius 2 is 1.84 bits per heavy atom. The average molecular weight is 269 g/mol. The molecular weight excluding hydrogens is 242 g/mol. The molecule has 19 heavy (non-hydrogen) atoms. The maximum absolute atomic E-state index is 11.9. The number of hydrogen-bond donors (Lipinski definition) is 0. The summed E-state index contributed by atoms with van der Waals surface area (Å²) in [6.07, 6.45) is 9.82. The molecule has 110 valence electrons. The molecule has 1 aliphatic carbocycles. The third kappa shape index (κ3) is 6.60. The van der Waals surface area contributed by atoms with Gasteiger partial charge in [-0.2, -0.15) is 0 Å². The third-order valence-corrected chi connectivity index (χ3v) is 4.03. The first-order valence-corrected chi connectivity index (χ1v) is 7.44. The van der Waals surface area contributed by atoms with Crippen molar-refractivity contribution in [1.29, 1.82) is 0 Å². The molecule has 0 unspecified atom stereocenters. The Balaban J connectivity index is 2.10. The number of methoxy groups -OCH3 is 1. The zero-order chi connectivity index (χ0) is 14.1. The molecule has 1 saturated carbocycles. The van der Waals surface area contributed by atoms with Gasteiger partial charge in [0.25, 0.3) is 0 Å². The lowest BCUT2D eigenvalue weighted by Gasteiger charge is -2.22. The van der Waals surface area contributed by atoms with Crippen LogP contribution >= 0.6 is 0 Å². The Morgan fingerprint density at radius 3 is 2.47 bits per heavy atom. The van der Waals surface area contributed by atoms with Crippen LogP contribution in [0, 0.1) is 5.92 Å². The molecule has 0 aromatic carbocycles. The molecule has 1 amide bonds. The lowest BCUT2D eigenvalue weighted by Crippen LogP contribution is -2.29. The van der Waals surface area contributed by atoms with Crippen LogP contribution in [0.4, 0.5) is 0 Å². The summed E-state index contributed by atoms with van der Waals surface area (Å²) < 4.78 is 4.56. The van der Waals surface area contributed by atoms with Crippen LogP contribution in [0.5, 0.6) is 0 Å². The number of ether oxygens (including phenoxy) is 1. The predicted molar refractivity (Wildman–Crippen MR) is 74.7 cm³/mol. The third-order valence-electron chi connectivity index (χ3n) is 4.03. The van der Waals surface area contributed by atoms with E-state index < -0.39 is 0 Å². The van der Waals surface area contributed by atoms with Crippen molar-refractivity contribution in [2.45, 2.75) is 57.8 Å². The molecule has 1 rings (SSSR count). The molecule has 1 aliphatic rings.